The van der Waals surface area contributed by atoms with E-state index in [0.717, 1.165) is 3.57 Å². The molecule has 2 rings (SSSR count). The smallest absolute Gasteiger partial charge is 0.261 e. The van der Waals surface area contributed by atoms with E-state index in [1.807, 2.05) is 12.1 Å². The van der Waals surface area contributed by atoms with Gasteiger partial charge in [0.1, 0.15) is 0 Å². The molecule has 0 aliphatic rings. The Bertz CT molecular complexity index is 656. The standard InChI is InChI=1S/C12H9ClINO2S/c13-9-2-1-3-12(8-9)18(16,17)15-11-6-4-10(14)5-7-11/h1-8,15H. The highest BCUT2D eigenvalue weighted by Gasteiger charge is 2.14. The Hall–Kier alpha value is -0.790. The summed E-state index contributed by atoms with van der Waals surface area (Å²) in [5, 5.41) is 0.389. The van der Waals surface area contributed by atoms with Crippen molar-refractivity contribution in [3.8, 4) is 0 Å². The number of rotatable bonds is 3. The molecule has 0 bridgehead atoms. The van der Waals surface area contributed by atoms with E-state index in [0.29, 0.717) is 10.7 Å². The third-order valence-corrected chi connectivity index (χ3v) is 4.54. The van der Waals surface area contributed by atoms with E-state index in [9.17, 15) is 8.42 Å². The number of hydrogen-bond acceptors (Lipinski definition) is 2. The van der Waals surface area contributed by atoms with E-state index in [1.54, 1.807) is 24.3 Å². The van der Waals surface area contributed by atoms with Gasteiger partial charge in [0.05, 0.1) is 4.90 Å². The maximum Gasteiger partial charge on any atom is 0.261 e. The number of benzene rings is 2. The summed E-state index contributed by atoms with van der Waals surface area (Å²) in [6.07, 6.45) is 0. The summed E-state index contributed by atoms with van der Waals surface area (Å²) >= 11 is 7.94. The molecule has 0 amide bonds. The van der Waals surface area contributed by atoms with Gasteiger partial charge in [0.25, 0.3) is 10.0 Å². The molecule has 1 N–H and O–H groups in total. The van der Waals surface area contributed by atoms with E-state index in [4.69, 9.17) is 11.6 Å². The summed E-state index contributed by atoms with van der Waals surface area (Å²) in [5.41, 5.74) is 0.524. The highest BCUT2D eigenvalue weighted by atomic mass is 127. The summed E-state index contributed by atoms with van der Waals surface area (Å²) < 4.78 is 27.7. The largest absolute Gasteiger partial charge is 0.280 e. The van der Waals surface area contributed by atoms with Gasteiger partial charge in [-0.2, -0.15) is 0 Å². The summed E-state index contributed by atoms with van der Waals surface area (Å²) in [6, 6.07) is 13.2. The second kappa shape index (κ2) is 5.46. The Morgan fingerprint density at radius 2 is 1.72 bits per heavy atom. The monoisotopic (exact) mass is 393 g/mol. The normalized spacial score (nSPS) is 11.2. The summed E-state index contributed by atoms with van der Waals surface area (Å²) in [7, 11) is -3.59. The van der Waals surface area contributed by atoms with Crippen LogP contribution in [0.3, 0.4) is 0 Å². The maximum absolute atomic E-state index is 12.1. The lowest BCUT2D eigenvalue weighted by atomic mass is 10.3. The molecule has 3 nitrogen and oxygen atoms in total. The molecule has 94 valence electrons. The van der Waals surface area contributed by atoms with Crippen LogP contribution < -0.4 is 4.72 Å². The fourth-order valence-electron chi connectivity index (χ4n) is 1.37. The minimum atomic E-state index is -3.59. The van der Waals surface area contributed by atoms with Crippen LogP contribution in [-0.2, 0) is 10.0 Å². The third-order valence-electron chi connectivity index (χ3n) is 2.20. The van der Waals surface area contributed by atoms with Crippen molar-refractivity contribution in [3.63, 3.8) is 0 Å². The molecule has 0 heterocycles. The Labute approximate surface area is 124 Å². The predicted octanol–water partition coefficient (Wildman–Crippen LogP) is 3.75. The molecule has 0 radical (unpaired) electrons. The van der Waals surface area contributed by atoms with Crippen LogP contribution in [0.5, 0.6) is 0 Å². The molecule has 0 aliphatic carbocycles. The Kier molecular flexibility index (Phi) is 4.14. The first-order valence-corrected chi connectivity index (χ1v) is 7.95. The second-order valence-electron chi connectivity index (χ2n) is 3.57. The number of hydrogen-bond donors (Lipinski definition) is 1. The molecule has 18 heavy (non-hydrogen) atoms. The Morgan fingerprint density at radius 1 is 1.06 bits per heavy atom. The van der Waals surface area contributed by atoms with Gasteiger partial charge in [0, 0.05) is 14.3 Å². The molecule has 0 aliphatic heterocycles. The van der Waals surface area contributed by atoms with E-state index in [1.165, 1.54) is 12.1 Å². The van der Waals surface area contributed by atoms with Crippen molar-refractivity contribution in [2.24, 2.45) is 0 Å². The molecule has 0 atom stereocenters. The second-order valence-corrected chi connectivity index (χ2v) is 6.93. The molecule has 2 aromatic rings. The first-order chi connectivity index (χ1) is 8.47. The quantitative estimate of drug-likeness (QED) is 0.808. The van der Waals surface area contributed by atoms with Crippen LogP contribution >= 0.6 is 34.2 Å². The molecule has 0 aromatic heterocycles. The number of nitrogens with one attached hydrogen (secondary N) is 1. The van der Waals surface area contributed by atoms with Crippen LogP contribution in [0.1, 0.15) is 0 Å². The summed E-state index contributed by atoms with van der Waals surface area (Å²) in [5.74, 6) is 0. The third kappa shape index (κ3) is 3.37. The first-order valence-electron chi connectivity index (χ1n) is 5.01. The average Bonchev–Trinajstić information content (AvgIpc) is 2.32. The Balaban J connectivity index is 2.30. The van der Waals surface area contributed by atoms with Crippen LogP contribution in [0.4, 0.5) is 5.69 Å². The van der Waals surface area contributed by atoms with Gasteiger partial charge in [-0.05, 0) is 65.1 Å². The van der Waals surface area contributed by atoms with E-state index >= 15 is 0 Å². The van der Waals surface area contributed by atoms with Crippen LogP contribution in [0.15, 0.2) is 53.4 Å². The molecule has 0 saturated heterocycles. The van der Waals surface area contributed by atoms with Gasteiger partial charge in [0.15, 0.2) is 0 Å². The molecule has 0 spiro atoms. The lowest BCUT2D eigenvalue weighted by Gasteiger charge is -2.08. The number of anilines is 1. The zero-order valence-corrected chi connectivity index (χ0v) is 12.8. The predicted molar refractivity (Wildman–Crippen MR) is 81.4 cm³/mol. The number of sulfonamides is 1. The van der Waals surface area contributed by atoms with Crippen LogP contribution in [0, 0.1) is 3.57 Å². The molecule has 6 heteroatoms. The summed E-state index contributed by atoms with van der Waals surface area (Å²) in [4.78, 5) is 0.147. The minimum absolute atomic E-state index is 0.147. The van der Waals surface area contributed by atoms with Crippen molar-refractivity contribution >= 4 is 49.9 Å². The van der Waals surface area contributed by atoms with Crippen molar-refractivity contribution in [1.29, 1.82) is 0 Å². The van der Waals surface area contributed by atoms with Crippen LogP contribution in [0.25, 0.3) is 0 Å². The van der Waals surface area contributed by atoms with Crippen molar-refractivity contribution in [1.82, 2.24) is 0 Å². The van der Waals surface area contributed by atoms with Gasteiger partial charge in [-0.1, -0.05) is 17.7 Å². The first kappa shape index (κ1) is 13.6. The van der Waals surface area contributed by atoms with E-state index in [-0.39, 0.29) is 4.90 Å². The molecule has 2 aromatic carbocycles. The van der Waals surface area contributed by atoms with Crippen molar-refractivity contribution in [2.45, 2.75) is 4.90 Å². The van der Waals surface area contributed by atoms with Crippen LogP contribution in [0.2, 0.25) is 5.02 Å². The lowest BCUT2D eigenvalue weighted by molar-refractivity contribution is 0.601. The van der Waals surface area contributed by atoms with E-state index in [2.05, 4.69) is 27.3 Å². The zero-order chi connectivity index (χ0) is 13.2. The topological polar surface area (TPSA) is 46.2 Å². The molecule has 0 unspecified atom stereocenters. The van der Waals surface area contributed by atoms with Gasteiger partial charge < -0.3 is 0 Å². The highest BCUT2D eigenvalue weighted by Crippen LogP contribution is 2.19. The van der Waals surface area contributed by atoms with Crippen molar-refractivity contribution in [2.75, 3.05) is 4.72 Å². The fraction of sp³-hybridized carbons (Fsp3) is 0. The van der Waals surface area contributed by atoms with Crippen LogP contribution in [-0.4, -0.2) is 8.42 Å². The SMILES string of the molecule is O=S(=O)(Nc1ccc(I)cc1)c1cccc(Cl)c1. The average molecular weight is 394 g/mol. The van der Waals surface area contributed by atoms with Gasteiger partial charge in [0.2, 0.25) is 0 Å². The Morgan fingerprint density at radius 3 is 2.33 bits per heavy atom. The van der Waals surface area contributed by atoms with Gasteiger partial charge in [-0.3, -0.25) is 4.72 Å². The number of halogens is 2. The molecular formula is C12H9ClINO2S. The van der Waals surface area contributed by atoms with Crippen molar-refractivity contribution < 1.29 is 8.42 Å². The fourth-order valence-corrected chi connectivity index (χ4v) is 3.08. The summed E-state index contributed by atoms with van der Waals surface area (Å²) in [6.45, 7) is 0. The minimum Gasteiger partial charge on any atom is -0.280 e. The zero-order valence-electron chi connectivity index (χ0n) is 9.10. The molecule has 0 fully saturated rings. The van der Waals surface area contributed by atoms with Gasteiger partial charge in [-0.15, -0.1) is 0 Å². The van der Waals surface area contributed by atoms with Crippen molar-refractivity contribution in [3.05, 3.63) is 57.1 Å². The highest BCUT2D eigenvalue weighted by molar-refractivity contribution is 14.1. The van der Waals surface area contributed by atoms with E-state index < -0.39 is 10.0 Å². The van der Waals surface area contributed by atoms with Gasteiger partial charge >= 0.3 is 0 Å². The molecule has 0 saturated carbocycles. The lowest BCUT2D eigenvalue weighted by Crippen LogP contribution is -2.12. The molecular weight excluding hydrogens is 385 g/mol. The maximum atomic E-state index is 12.1. The van der Waals surface area contributed by atoms with Gasteiger partial charge in [-0.25, -0.2) is 8.42 Å².